The van der Waals surface area contributed by atoms with Crippen LogP contribution in [-0.4, -0.2) is 65.5 Å². The van der Waals surface area contributed by atoms with E-state index in [0.717, 1.165) is 37.5 Å². The van der Waals surface area contributed by atoms with Gasteiger partial charge in [-0.1, -0.05) is 61.4 Å². The molecule has 2 aromatic rings. The van der Waals surface area contributed by atoms with Crippen molar-refractivity contribution in [1.82, 2.24) is 15.2 Å². The highest BCUT2D eigenvalue weighted by molar-refractivity contribution is 7.17. The molecule has 0 unspecified atom stereocenters. The summed E-state index contributed by atoms with van der Waals surface area (Å²) in [4.78, 5) is 29.6. The number of ether oxygens (including phenoxy) is 2. The van der Waals surface area contributed by atoms with E-state index in [1.807, 2.05) is 0 Å². The first-order chi connectivity index (χ1) is 17.2. The van der Waals surface area contributed by atoms with Gasteiger partial charge in [-0.2, -0.15) is 0 Å². The van der Waals surface area contributed by atoms with Crippen LogP contribution in [0.5, 0.6) is 0 Å². The van der Waals surface area contributed by atoms with Gasteiger partial charge in [-0.15, -0.1) is 0 Å². The molecule has 0 spiro atoms. The zero-order valence-electron chi connectivity index (χ0n) is 21.8. The lowest BCUT2D eigenvalue weighted by molar-refractivity contribution is 0.0335. The zero-order valence-corrected chi connectivity index (χ0v) is 22.7. The molecule has 1 aromatic heterocycles. The van der Waals surface area contributed by atoms with E-state index in [9.17, 15) is 14.7 Å². The molecule has 9 nitrogen and oxygen atoms in total. The molecule has 36 heavy (non-hydrogen) atoms. The molecular formula is C26H40N4O5S. The average Bonchev–Trinajstić information content (AvgIpc) is 3.21. The number of thiazole rings is 1. The number of anilines is 1. The van der Waals surface area contributed by atoms with E-state index in [1.165, 1.54) is 24.8 Å². The van der Waals surface area contributed by atoms with Gasteiger partial charge in [0.25, 0.3) is 0 Å². The fourth-order valence-corrected chi connectivity index (χ4v) is 4.17. The molecule has 0 bridgehead atoms. The van der Waals surface area contributed by atoms with E-state index in [-0.39, 0.29) is 10.0 Å². The molecule has 1 saturated heterocycles. The number of nitrogens with zero attached hydrogens (tertiary/aromatic N) is 2. The number of aromatic carboxylic acids is 1. The third-order valence-electron chi connectivity index (χ3n) is 5.11. The molecule has 2 heterocycles. The summed E-state index contributed by atoms with van der Waals surface area (Å²) >= 11 is 0.930. The Bertz CT molecular complexity index is 924. The number of hydrogen-bond acceptors (Lipinski definition) is 8. The normalized spacial score (nSPS) is 14.0. The Morgan fingerprint density at radius 2 is 1.86 bits per heavy atom. The molecule has 1 aromatic carbocycles. The average molecular weight is 521 g/mol. The quantitative estimate of drug-likeness (QED) is 0.376. The number of nitrogens with one attached hydrogen (secondary N) is 2. The number of unbranched alkanes of at least 4 members (excludes halogenated alkanes) is 2. The second kappa shape index (κ2) is 15.6. The first-order valence-corrected chi connectivity index (χ1v) is 13.3. The van der Waals surface area contributed by atoms with Gasteiger partial charge in [0.15, 0.2) is 5.13 Å². The maximum Gasteiger partial charge on any atom is 0.413 e. The molecule has 0 aliphatic carbocycles. The minimum Gasteiger partial charge on any atom is -0.477 e. The monoisotopic (exact) mass is 520 g/mol. The van der Waals surface area contributed by atoms with Crippen LogP contribution in [0.25, 0.3) is 0 Å². The third kappa shape index (κ3) is 11.9. The first kappa shape index (κ1) is 29.7. The van der Waals surface area contributed by atoms with Crippen molar-refractivity contribution < 1.29 is 24.2 Å². The fourth-order valence-electron chi connectivity index (χ4n) is 3.37. The Morgan fingerprint density at radius 3 is 2.47 bits per heavy atom. The van der Waals surface area contributed by atoms with Crippen molar-refractivity contribution in [3.63, 3.8) is 0 Å². The van der Waals surface area contributed by atoms with Gasteiger partial charge < -0.3 is 19.9 Å². The lowest BCUT2D eigenvalue weighted by Crippen LogP contribution is -2.36. The molecule has 1 aliphatic rings. The number of morpholine rings is 1. The Morgan fingerprint density at radius 1 is 1.17 bits per heavy atom. The van der Waals surface area contributed by atoms with Crippen LogP contribution >= 0.6 is 11.3 Å². The highest BCUT2D eigenvalue weighted by Crippen LogP contribution is 2.25. The summed E-state index contributed by atoms with van der Waals surface area (Å²) in [5, 5.41) is 15.5. The molecule has 3 N–H and O–H groups in total. The summed E-state index contributed by atoms with van der Waals surface area (Å²) in [5.41, 5.74) is 1.18. The van der Waals surface area contributed by atoms with E-state index in [1.54, 1.807) is 20.8 Å². The number of carbonyl (C=O) groups is 2. The summed E-state index contributed by atoms with van der Waals surface area (Å²) in [6.45, 7) is 12.7. The summed E-state index contributed by atoms with van der Waals surface area (Å²) in [6, 6.07) is 10.5. The fraction of sp³-hybridized carbons (Fsp3) is 0.577. The van der Waals surface area contributed by atoms with Crippen LogP contribution in [-0.2, 0) is 22.6 Å². The molecular weight excluding hydrogens is 480 g/mol. The highest BCUT2D eigenvalue weighted by atomic mass is 32.1. The predicted octanol–water partition coefficient (Wildman–Crippen LogP) is 4.99. The smallest absolute Gasteiger partial charge is 0.413 e. The lowest BCUT2D eigenvalue weighted by atomic mass is 10.2. The van der Waals surface area contributed by atoms with Gasteiger partial charge in [-0.05, 0) is 39.3 Å². The van der Waals surface area contributed by atoms with E-state index in [4.69, 9.17) is 9.47 Å². The molecule has 0 radical (unpaired) electrons. The van der Waals surface area contributed by atoms with Crippen molar-refractivity contribution in [1.29, 1.82) is 0 Å². The lowest BCUT2D eigenvalue weighted by Gasteiger charge is -2.25. The van der Waals surface area contributed by atoms with Crippen LogP contribution in [0.3, 0.4) is 0 Å². The topological polar surface area (TPSA) is 113 Å². The summed E-state index contributed by atoms with van der Waals surface area (Å²) in [7, 11) is 0. The molecule has 10 heteroatoms. The van der Waals surface area contributed by atoms with Crippen LogP contribution in [0.1, 0.15) is 67.9 Å². The molecule has 0 atom stereocenters. The molecule has 1 amide bonds. The van der Waals surface area contributed by atoms with Crippen LogP contribution in [0.4, 0.5) is 9.93 Å². The second-order valence-electron chi connectivity index (χ2n) is 9.48. The Labute approximate surface area is 218 Å². The van der Waals surface area contributed by atoms with Crippen molar-refractivity contribution in [3.8, 4) is 0 Å². The number of amides is 1. The van der Waals surface area contributed by atoms with E-state index >= 15 is 0 Å². The molecule has 3 rings (SSSR count). The SMILES string of the molecule is CC(C)(C)OC(=O)Nc1nc(CN2CCOCC2)c(C(=O)O)s1.CCCCCNCc1ccccc1. The van der Waals surface area contributed by atoms with Gasteiger partial charge >= 0.3 is 12.1 Å². The van der Waals surface area contributed by atoms with Crippen molar-refractivity contribution >= 4 is 28.5 Å². The standard InChI is InChI=1S/C14H21N3O5S.C12H19N/c1-14(2,3)22-13(20)16-12-15-9(10(23-12)11(18)19)8-17-4-6-21-7-5-17;1-2-3-7-10-13-11-12-8-5-4-6-9-12/h4-8H2,1-3H3,(H,18,19)(H,15,16,20);4-6,8-9,13H,2-3,7,10-11H2,1H3. The van der Waals surface area contributed by atoms with Gasteiger partial charge in [-0.25, -0.2) is 14.6 Å². The van der Waals surface area contributed by atoms with Crippen molar-refractivity contribution in [3.05, 3.63) is 46.5 Å². The highest BCUT2D eigenvalue weighted by Gasteiger charge is 2.23. The zero-order chi connectivity index (χ0) is 26.4. The maximum absolute atomic E-state index is 11.8. The summed E-state index contributed by atoms with van der Waals surface area (Å²) in [5.74, 6) is -1.05. The molecule has 1 fully saturated rings. The molecule has 200 valence electrons. The Balaban J connectivity index is 0.000000297. The van der Waals surface area contributed by atoms with Crippen molar-refractivity contribution in [2.24, 2.45) is 0 Å². The Kier molecular flexibility index (Phi) is 12.8. The van der Waals surface area contributed by atoms with E-state index in [0.29, 0.717) is 25.5 Å². The number of rotatable bonds is 10. The van der Waals surface area contributed by atoms with Crippen LogP contribution in [0, 0.1) is 0 Å². The van der Waals surface area contributed by atoms with Crippen LogP contribution < -0.4 is 10.6 Å². The van der Waals surface area contributed by atoms with E-state index in [2.05, 4.69) is 57.8 Å². The largest absolute Gasteiger partial charge is 0.477 e. The Hall–Kier alpha value is -2.53. The minimum atomic E-state index is -1.05. The number of carboxylic acid groups (broad SMARTS) is 1. The second-order valence-corrected chi connectivity index (χ2v) is 10.5. The number of carboxylic acids is 1. The van der Waals surface area contributed by atoms with Crippen LogP contribution in [0.15, 0.2) is 30.3 Å². The van der Waals surface area contributed by atoms with Crippen LogP contribution in [0.2, 0.25) is 0 Å². The van der Waals surface area contributed by atoms with Gasteiger partial charge in [0.2, 0.25) is 0 Å². The van der Waals surface area contributed by atoms with Crippen molar-refractivity contribution in [2.45, 2.75) is 65.6 Å². The molecule has 1 aliphatic heterocycles. The van der Waals surface area contributed by atoms with E-state index < -0.39 is 17.7 Å². The first-order valence-electron chi connectivity index (χ1n) is 12.5. The number of aromatic nitrogens is 1. The van der Waals surface area contributed by atoms with Gasteiger partial charge in [0.05, 0.1) is 18.9 Å². The summed E-state index contributed by atoms with van der Waals surface area (Å²) in [6.07, 6.45) is 3.28. The third-order valence-corrected chi connectivity index (χ3v) is 6.11. The number of hydrogen-bond donors (Lipinski definition) is 3. The predicted molar refractivity (Wildman–Crippen MR) is 143 cm³/mol. The summed E-state index contributed by atoms with van der Waals surface area (Å²) < 4.78 is 10.4. The maximum atomic E-state index is 11.8. The molecule has 0 saturated carbocycles. The van der Waals surface area contributed by atoms with Crippen molar-refractivity contribution in [2.75, 3.05) is 38.2 Å². The number of carbonyl (C=O) groups excluding carboxylic acids is 1. The minimum absolute atomic E-state index is 0.127. The number of benzene rings is 1. The van der Waals surface area contributed by atoms with Gasteiger partial charge in [0.1, 0.15) is 10.5 Å². The van der Waals surface area contributed by atoms with Gasteiger partial charge in [-0.3, -0.25) is 10.2 Å². The van der Waals surface area contributed by atoms with Gasteiger partial charge in [0, 0.05) is 26.2 Å².